The van der Waals surface area contributed by atoms with Crippen LogP contribution in [0.25, 0.3) is 0 Å². The van der Waals surface area contributed by atoms with Gasteiger partial charge in [-0.05, 0) is 44.9 Å². The van der Waals surface area contributed by atoms with Crippen LogP contribution in [0.15, 0.2) is 24.3 Å². The van der Waals surface area contributed by atoms with E-state index in [-0.39, 0.29) is 31.1 Å². The van der Waals surface area contributed by atoms with E-state index in [0.29, 0.717) is 19.3 Å². The Morgan fingerprint density at radius 2 is 0.543 bits per heavy atom. The number of allylic oxidation sites excluding steroid dienone is 4. The molecule has 0 aromatic rings. The van der Waals surface area contributed by atoms with Crippen LogP contribution in [0.1, 0.15) is 348 Å². The summed E-state index contributed by atoms with van der Waals surface area (Å²) in [5, 5.41) is 0. The van der Waals surface area contributed by atoms with Crippen molar-refractivity contribution in [2.24, 2.45) is 0 Å². The van der Waals surface area contributed by atoms with E-state index in [1.807, 2.05) is 0 Å². The zero-order chi connectivity index (χ0) is 50.7. The molecular weight excluding hydrogens is 865 g/mol. The van der Waals surface area contributed by atoms with Crippen molar-refractivity contribution in [3.63, 3.8) is 0 Å². The molecule has 0 fully saturated rings. The fourth-order valence-electron chi connectivity index (χ4n) is 9.48. The van der Waals surface area contributed by atoms with Crippen molar-refractivity contribution in [2.75, 3.05) is 13.2 Å². The van der Waals surface area contributed by atoms with E-state index in [1.54, 1.807) is 0 Å². The summed E-state index contributed by atoms with van der Waals surface area (Å²) in [5.74, 6) is -0.868. The standard InChI is InChI=1S/C64H120O6/c1-4-7-10-13-16-19-22-24-25-26-27-28-29-30-31-32-33-34-35-36-37-38-39-41-42-45-48-51-54-57-63(66)69-60-61(59-68-62(65)56-53-50-47-44-21-18-15-12-9-6-3)70-64(67)58-55-52-49-46-43-40-23-20-17-14-11-8-5-2/h11,14,20,23,61H,4-10,12-13,15-19,21-22,24-60H2,1-3H3/b14-11-,23-20-. The number of carbonyl (C=O) groups is 3. The first-order valence-corrected chi connectivity index (χ1v) is 31.3. The fraction of sp³-hybridized carbons (Fsp3) is 0.891. The molecule has 70 heavy (non-hydrogen) atoms. The molecule has 1 unspecified atom stereocenters. The van der Waals surface area contributed by atoms with E-state index in [0.717, 1.165) is 89.9 Å². The van der Waals surface area contributed by atoms with Gasteiger partial charge in [0, 0.05) is 19.3 Å². The van der Waals surface area contributed by atoms with Crippen molar-refractivity contribution >= 4 is 17.9 Å². The predicted molar refractivity (Wildman–Crippen MR) is 303 cm³/mol. The van der Waals surface area contributed by atoms with Crippen molar-refractivity contribution in [3.05, 3.63) is 24.3 Å². The first kappa shape index (κ1) is 67.9. The summed E-state index contributed by atoms with van der Waals surface area (Å²) in [6.45, 7) is 6.60. The molecule has 0 amide bonds. The number of rotatable bonds is 58. The van der Waals surface area contributed by atoms with E-state index < -0.39 is 6.10 Å². The second-order valence-corrected chi connectivity index (χ2v) is 21.3. The van der Waals surface area contributed by atoms with Crippen molar-refractivity contribution in [2.45, 2.75) is 354 Å². The largest absolute Gasteiger partial charge is 0.462 e. The summed E-state index contributed by atoms with van der Waals surface area (Å²) in [7, 11) is 0. The van der Waals surface area contributed by atoms with Gasteiger partial charge in [-0.1, -0.05) is 308 Å². The summed E-state index contributed by atoms with van der Waals surface area (Å²) in [6.07, 6.45) is 70.7. The molecule has 0 aliphatic heterocycles. The number of ether oxygens (including phenoxy) is 3. The van der Waals surface area contributed by atoms with Crippen molar-refractivity contribution in [3.8, 4) is 0 Å². The minimum atomic E-state index is -0.773. The monoisotopic (exact) mass is 985 g/mol. The molecule has 0 N–H and O–H groups in total. The molecule has 6 heteroatoms. The van der Waals surface area contributed by atoms with Crippen LogP contribution in [0, 0.1) is 0 Å². The zero-order valence-corrected chi connectivity index (χ0v) is 47.3. The van der Waals surface area contributed by atoms with Gasteiger partial charge in [0.25, 0.3) is 0 Å². The fourth-order valence-corrected chi connectivity index (χ4v) is 9.48. The van der Waals surface area contributed by atoms with Crippen LogP contribution < -0.4 is 0 Å². The summed E-state index contributed by atoms with van der Waals surface area (Å²) in [5.41, 5.74) is 0. The molecule has 412 valence electrons. The quantitative estimate of drug-likeness (QED) is 0.0261. The van der Waals surface area contributed by atoms with Crippen LogP contribution in [0.2, 0.25) is 0 Å². The van der Waals surface area contributed by atoms with E-state index in [2.05, 4.69) is 45.1 Å². The molecule has 0 heterocycles. The highest BCUT2D eigenvalue weighted by molar-refractivity contribution is 5.71. The highest BCUT2D eigenvalue weighted by atomic mass is 16.6. The maximum absolute atomic E-state index is 12.8. The van der Waals surface area contributed by atoms with Gasteiger partial charge in [-0.25, -0.2) is 0 Å². The molecule has 0 aliphatic carbocycles. The van der Waals surface area contributed by atoms with Gasteiger partial charge in [-0.2, -0.15) is 0 Å². The Kier molecular flexibility index (Phi) is 57.7. The third-order valence-electron chi connectivity index (χ3n) is 14.2. The Labute approximate surface area is 436 Å². The highest BCUT2D eigenvalue weighted by Gasteiger charge is 2.19. The number of hydrogen-bond acceptors (Lipinski definition) is 6. The maximum Gasteiger partial charge on any atom is 0.306 e. The Balaban J connectivity index is 4.05. The van der Waals surface area contributed by atoms with Crippen LogP contribution in [0.3, 0.4) is 0 Å². The molecule has 0 radical (unpaired) electrons. The van der Waals surface area contributed by atoms with Gasteiger partial charge >= 0.3 is 17.9 Å². The zero-order valence-electron chi connectivity index (χ0n) is 47.3. The molecule has 0 spiro atoms. The lowest BCUT2D eigenvalue weighted by Crippen LogP contribution is -2.30. The predicted octanol–water partition coefficient (Wildman–Crippen LogP) is 21.1. The number of carbonyl (C=O) groups excluding carboxylic acids is 3. The van der Waals surface area contributed by atoms with Gasteiger partial charge in [0.15, 0.2) is 6.10 Å². The van der Waals surface area contributed by atoms with Crippen LogP contribution >= 0.6 is 0 Å². The molecule has 0 bridgehead atoms. The SMILES string of the molecule is CCC/C=C\C/C=C\CCCCCCCC(=O)OC(COC(=O)CCCCCCCCCCCC)COC(=O)CCCCCCCCCCCCCCCCCCCCCCCCCCCCCCC. The normalized spacial score (nSPS) is 12.1. The molecule has 0 aromatic heterocycles. The molecule has 0 saturated heterocycles. The van der Waals surface area contributed by atoms with Gasteiger partial charge in [-0.3, -0.25) is 14.4 Å². The van der Waals surface area contributed by atoms with Crippen molar-refractivity contribution in [1.29, 1.82) is 0 Å². The molecule has 0 aliphatic rings. The minimum absolute atomic E-state index is 0.0718. The van der Waals surface area contributed by atoms with Gasteiger partial charge in [-0.15, -0.1) is 0 Å². The van der Waals surface area contributed by atoms with Gasteiger partial charge in [0.2, 0.25) is 0 Å². The molecule has 0 rings (SSSR count). The van der Waals surface area contributed by atoms with E-state index in [1.165, 1.54) is 218 Å². The van der Waals surface area contributed by atoms with Gasteiger partial charge in [0.1, 0.15) is 13.2 Å². The Bertz CT molecular complexity index is 1130. The minimum Gasteiger partial charge on any atom is -0.462 e. The highest BCUT2D eigenvalue weighted by Crippen LogP contribution is 2.18. The van der Waals surface area contributed by atoms with Crippen molar-refractivity contribution in [1.82, 2.24) is 0 Å². The van der Waals surface area contributed by atoms with Gasteiger partial charge < -0.3 is 14.2 Å². The lowest BCUT2D eigenvalue weighted by atomic mass is 10.0. The van der Waals surface area contributed by atoms with Crippen LogP contribution in [0.5, 0.6) is 0 Å². The third-order valence-corrected chi connectivity index (χ3v) is 14.2. The van der Waals surface area contributed by atoms with Gasteiger partial charge in [0.05, 0.1) is 0 Å². The molecule has 6 nitrogen and oxygen atoms in total. The Morgan fingerprint density at radius 3 is 0.843 bits per heavy atom. The molecular formula is C64H120O6. The summed E-state index contributed by atoms with van der Waals surface area (Å²) < 4.78 is 16.8. The van der Waals surface area contributed by atoms with Crippen LogP contribution in [-0.2, 0) is 28.6 Å². The average Bonchev–Trinajstić information content (AvgIpc) is 3.36. The topological polar surface area (TPSA) is 78.9 Å². The van der Waals surface area contributed by atoms with E-state index in [4.69, 9.17) is 14.2 Å². The smallest absolute Gasteiger partial charge is 0.306 e. The second kappa shape index (κ2) is 59.5. The Hall–Kier alpha value is -2.11. The molecule has 0 saturated carbocycles. The molecule has 1 atom stereocenters. The van der Waals surface area contributed by atoms with Crippen LogP contribution in [0.4, 0.5) is 0 Å². The Morgan fingerprint density at radius 1 is 0.286 bits per heavy atom. The first-order chi connectivity index (χ1) is 34.5. The summed E-state index contributed by atoms with van der Waals surface area (Å²) >= 11 is 0. The second-order valence-electron chi connectivity index (χ2n) is 21.3. The number of unbranched alkanes of at least 4 members (excludes halogenated alkanes) is 43. The van der Waals surface area contributed by atoms with Crippen LogP contribution in [-0.4, -0.2) is 37.2 Å². The third kappa shape index (κ3) is 56.8. The summed E-state index contributed by atoms with van der Waals surface area (Å²) in [6, 6.07) is 0. The first-order valence-electron chi connectivity index (χ1n) is 31.3. The maximum atomic E-state index is 12.8. The average molecular weight is 986 g/mol. The number of esters is 3. The summed E-state index contributed by atoms with van der Waals surface area (Å²) in [4.78, 5) is 38.1. The lowest BCUT2D eigenvalue weighted by Gasteiger charge is -2.18. The van der Waals surface area contributed by atoms with E-state index in [9.17, 15) is 14.4 Å². The number of hydrogen-bond donors (Lipinski definition) is 0. The van der Waals surface area contributed by atoms with E-state index >= 15 is 0 Å². The lowest BCUT2D eigenvalue weighted by molar-refractivity contribution is -0.167. The van der Waals surface area contributed by atoms with Crippen molar-refractivity contribution < 1.29 is 28.6 Å². The molecule has 0 aromatic carbocycles.